The predicted molar refractivity (Wildman–Crippen MR) is 105 cm³/mol. The maximum absolute atomic E-state index is 12.7. The van der Waals surface area contributed by atoms with E-state index in [4.69, 9.17) is 4.74 Å². The van der Waals surface area contributed by atoms with Crippen LogP contribution in [0, 0.1) is 0 Å². The molecular weight excluding hydrogens is 400 g/mol. The Morgan fingerprint density at radius 2 is 1.86 bits per heavy atom. The van der Waals surface area contributed by atoms with Crippen LogP contribution in [-0.2, 0) is 10.0 Å². The van der Waals surface area contributed by atoms with Gasteiger partial charge >= 0.3 is 0 Å². The summed E-state index contributed by atoms with van der Waals surface area (Å²) in [5, 5.41) is 18.0. The van der Waals surface area contributed by atoms with E-state index >= 15 is 0 Å². The molecule has 3 rings (SSSR count). The van der Waals surface area contributed by atoms with Gasteiger partial charge in [-0.2, -0.15) is 5.10 Å². The third kappa shape index (κ3) is 4.52. The monoisotopic (exact) mass is 416 g/mol. The largest absolute Gasteiger partial charge is 0.506 e. The molecular formula is C18H16N4O6S. The number of H-pyrrole nitrogens is 1. The molecule has 0 fully saturated rings. The van der Waals surface area contributed by atoms with Gasteiger partial charge < -0.3 is 15.2 Å². The average molecular weight is 416 g/mol. The number of hydrogen-bond donors (Lipinski definition) is 4. The van der Waals surface area contributed by atoms with Crippen LogP contribution in [0.15, 0.2) is 64.3 Å². The number of phenols is 1. The lowest BCUT2D eigenvalue weighted by Crippen LogP contribution is -2.18. The Morgan fingerprint density at radius 1 is 1.10 bits per heavy atom. The number of methoxy groups -OCH3 is 1. The van der Waals surface area contributed by atoms with Crippen LogP contribution in [0.1, 0.15) is 10.5 Å². The first kappa shape index (κ1) is 19.9. The number of ether oxygens (including phenoxy) is 1. The van der Waals surface area contributed by atoms with Crippen molar-refractivity contribution in [1.82, 2.24) is 10.2 Å². The SMILES string of the molecule is COc1ccccc1NS(=O)(=O)c1ccc(O)c(NC(=O)c2ccc(=O)[nH]n2)c1. The van der Waals surface area contributed by atoms with Crippen LogP contribution >= 0.6 is 0 Å². The Bertz CT molecular complexity index is 1200. The van der Waals surface area contributed by atoms with Gasteiger partial charge in [-0.15, -0.1) is 0 Å². The highest BCUT2D eigenvalue weighted by molar-refractivity contribution is 7.92. The van der Waals surface area contributed by atoms with Crippen LogP contribution in [-0.4, -0.2) is 36.7 Å². The number of benzene rings is 2. The Kier molecular flexibility index (Phi) is 5.50. The smallest absolute Gasteiger partial charge is 0.276 e. The number of aromatic nitrogens is 2. The molecule has 11 heteroatoms. The van der Waals surface area contributed by atoms with Gasteiger partial charge in [-0.1, -0.05) is 12.1 Å². The number of anilines is 2. The van der Waals surface area contributed by atoms with Crippen LogP contribution < -0.4 is 20.3 Å². The molecule has 0 unspecified atom stereocenters. The molecule has 0 aliphatic rings. The predicted octanol–water partition coefficient (Wildman–Crippen LogP) is 1.54. The highest BCUT2D eigenvalue weighted by atomic mass is 32.2. The molecule has 0 saturated carbocycles. The Balaban J connectivity index is 1.88. The van der Waals surface area contributed by atoms with Crippen LogP contribution in [0.4, 0.5) is 11.4 Å². The van der Waals surface area contributed by atoms with Crippen molar-refractivity contribution in [1.29, 1.82) is 0 Å². The lowest BCUT2D eigenvalue weighted by molar-refractivity contribution is 0.102. The van der Waals surface area contributed by atoms with E-state index in [-0.39, 0.29) is 27.7 Å². The van der Waals surface area contributed by atoms with Gasteiger partial charge in [0.05, 0.1) is 23.4 Å². The van der Waals surface area contributed by atoms with Crippen molar-refractivity contribution in [3.05, 3.63) is 70.6 Å². The number of sulfonamides is 1. The number of rotatable bonds is 6. The van der Waals surface area contributed by atoms with Crippen molar-refractivity contribution in [2.24, 2.45) is 0 Å². The van der Waals surface area contributed by atoms with Gasteiger partial charge in [0.2, 0.25) is 0 Å². The fraction of sp³-hybridized carbons (Fsp3) is 0.0556. The molecule has 3 aromatic rings. The first-order valence-electron chi connectivity index (χ1n) is 8.16. The summed E-state index contributed by atoms with van der Waals surface area (Å²) < 4.78 is 32.9. The van der Waals surface area contributed by atoms with E-state index in [1.165, 1.54) is 25.3 Å². The van der Waals surface area contributed by atoms with Crippen molar-refractivity contribution in [2.45, 2.75) is 4.90 Å². The normalized spacial score (nSPS) is 10.9. The summed E-state index contributed by atoms with van der Waals surface area (Å²) in [7, 11) is -2.64. The van der Waals surface area contributed by atoms with Crippen molar-refractivity contribution < 1.29 is 23.1 Å². The second-order valence-electron chi connectivity index (χ2n) is 5.75. The van der Waals surface area contributed by atoms with Gasteiger partial charge in [-0.3, -0.25) is 14.3 Å². The molecule has 0 radical (unpaired) electrons. The summed E-state index contributed by atoms with van der Waals surface area (Å²) in [6.45, 7) is 0. The lowest BCUT2D eigenvalue weighted by atomic mass is 10.2. The van der Waals surface area contributed by atoms with E-state index in [0.29, 0.717) is 5.75 Å². The van der Waals surface area contributed by atoms with Gasteiger partial charge in [0.1, 0.15) is 17.2 Å². The zero-order chi connectivity index (χ0) is 21.0. The number of carbonyl (C=O) groups is 1. The van der Waals surface area contributed by atoms with Gasteiger partial charge in [0.25, 0.3) is 21.5 Å². The number of aromatic amines is 1. The van der Waals surface area contributed by atoms with Crippen LogP contribution in [0.2, 0.25) is 0 Å². The summed E-state index contributed by atoms with van der Waals surface area (Å²) in [5.41, 5.74) is -0.527. The second-order valence-corrected chi connectivity index (χ2v) is 7.43. The fourth-order valence-corrected chi connectivity index (χ4v) is 3.47. The third-order valence-corrected chi connectivity index (χ3v) is 5.15. The molecule has 0 bridgehead atoms. The number of hydrogen-bond acceptors (Lipinski definition) is 7. The molecule has 1 heterocycles. The van der Waals surface area contributed by atoms with Crippen molar-refractivity contribution >= 4 is 27.3 Å². The quantitative estimate of drug-likeness (QED) is 0.445. The van der Waals surface area contributed by atoms with Crippen LogP contribution in [0.25, 0.3) is 0 Å². The number of aromatic hydroxyl groups is 1. The molecule has 2 aromatic carbocycles. The zero-order valence-corrected chi connectivity index (χ0v) is 15.9. The van der Waals surface area contributed by atoms with Gasteiger partial charge in [0.15, 0.2) is 0 Å². The minimum Gasteiger partial charge on any atom is -0.506 e. The summed E-state index contributed by atoms with van der Waals surface area (Å²) in [6.07, 6.45) is 0. The first-order chi connectivity index (χ1) is 13.8. The minimum atomic E-state index is -4.05. The Hall–Kier alpha value is -3.86. The third-order valence-electron chi connectivity index (χ3n) is 3.79. The van der Waals surface area contributed by atoms with E-state index in [2.05, 4.69) is 20.2 Å². The molecule has 150 valence electrons. The van der Waals surface area contributed by atoms with Crippen LogP contribution in [0.5, 0.6) is 11.5 Å². The molecule has 29 heavy (non-hydrogen) atoms. The Morgan fingerprint density at radius 3 is 2.55 bits per heavy atom. The number of nitrogens with one attached hydrogen (secondary N) is 3. The molecule has 0 spiro atoms. The summed E-state index contributed by atoms with van der Waals surface area (Å²) >= 11 is 0. The Labute approximate surface area is 165 Å². The molecule has 0 saturated heterocycles. The molecule has 10 nitrogen and oxygen atoms in total. The van der Waals surface area contributed by atoms with Crippen molar-refractivity contribution in [3.8, 4) is 11.5 Å². The molecule has 1 aromatic heterocycles. The number of carbonyl (C=O) groups excluding carboxylic acids is 1. The van der Waals surface area contributed by atoms with Crippen molar-refractivity contribution in [2.75, 3.05) is 17.1 Å². The molecule has 0 aliphatic carbocycles. The highest BCUT2D eigenvalue weighted by Crippen LogP contribution is 2.30. The summed E-state index contributed by atoms with van der Waals surface area (Å²) in [4.78, 5) is 23.1. The first-order valence-corrected chi connectivity index (χ1v) is 9.64. The van der Waals surface area contributed by atoms with Crippen LogP contribution in [0.3, 0.4) is 0 Å². The van der Waals surface area contributed by atoms with Gasteiger partial charge in [-0.05, 0) is 36.4 Å². The topological polar surface area (TPSA) is 150 Å². The van der Waals surface area contributed by atoms with Gasteiger partial charge in [0, 0.05) is 6.07 Å². The van der Waals surface area contributed by atoms with Gasteiger partial charge in [-0.25, -0.2) is 13.5 Å². The van der Waals surface area contributed by atoms with E-state index < -0.39 is 21.5 Å². The van der Waals surface area contributed by atoms with E-state index in [9.17, 15) is 23.1 Å². The van der Waals surface area contributed by atoms with Crippen molar-refractivity contribution in [3.63, 3.8) is 0 Å². The lowest BCUT2D eigenvalue weighted by Gasteiger charge is -2.13. The molecule has 0 aliphatic heterocycles. The molecule has 4 N–H and O–H groups in total. The van der Waals surface area contributed by atoms with E-state index in [1.54, 1.807) is 18.2 Å². The number of phenolic OH excluding ortho intramolecular Hbond substituents is 1. The zero-order valence-electron chi connectivity index (χ0n) is 15.0. The highest BCUT2D eigenvalue weighted by Gasteiger charge is 2.19. The minimum absolute atomic E-state index is 0.121. The number of amides is 1. The standard InChI is InChI=1S/C18H16N4O6S/c1-28-16-5-3-2-4-12(16)22-29(26,27)11-6-8-15(23)14(10-11)19-18(25)13-7-9-17(24)21-20-13/h2-10,22-23H,1H3,(H,19,25)(H,21,24). The maximum atomic E-state index is 12.7. The fourth-order valence-electron chi connectivity index (χ4n) is 2.37. The average Bonchev–Trinajstić information content (AvgIpc) is 2.70. The molecule has 0 atom stereocenters. The summed E-state index contributed by atoms with van der Waals surface area (Å²) in [6, 6.07) is 12.2. The van der Waals surface area contributed by atoms with E-state index in [1.807, 2.05) is 0 Å². The number of nitrogens with zero attached hydrogens (tertiary/aromatic N) is 1. The second kappa shape index (κ2) is 8.02. The number of para-hydroxylation sites is 2. The van der Waals surface area contributed by atoms with E-state index in [0.717, 1.165) is 18.2 Å². The maximum Gasteiger partial charge on any atom is 0.276 e. The summed E-state index contributed by atoms with van der Waals surface area (Å²) in [5.74, 6) is -0.768. The molecule has 1 amide bonds.